The average Bonchev–Trinajstić information content (AvgIpc) is 3.64. The van der Waals surface area contributed by atoms with Crippen molar-refractivity contribution < 1.29 is 14.7 Å². The third-order valence-corrected chi connectivity index (χ3v) is 9.70. The Bertz CT molecular complexity index is 1650. The quantitative estimate of drug-likeness (QED) is 0.370. The molecule has 0 aliphatic carbocycles. The van der Waals surface area contributed by atoms with E-state index in [1.54, 1.807) is 11.4 Å². The number of aromatic nitrogens is 4. The van der Waals surface area contributed by atoms with Crippen LogP contribution < -0.4 is 5.56 Å². The van der Waals surface area contributed by atoms with E-state index in [-0.39, 0.29) is 35.8 Å². The first kappa shape index (κ1) is 28.3. The number of rotatable bonds is 6. The van der Waals surface area contributed by atoms with Gasteiger partial charge in [-0.15, -0.1) is 0 Å². The van der Waals surface area contributed by atoms with Gasteiger partial charge in [0.1, 0.15) is 12.0 Å². The fourth-order valence-corrected chi connectivity index (χ4v) is 7.15. The van der Waals surface area contributed by atoms with Gasteiger partial charge in [0.25, 0.3) is 11.5 Å². The minimum atomic E-state index is -1.11. The van der Waals surface area contributed by atoms with Crippen molar-refractivity contribution in [3.8, 4) is 0 Å². The molecule has 1 N–H and O–H groups in total. The zero-order valence-corrected chi connectivity index (χ0v) is 24.8. The number of benzene rings is 1. The van der Waals surface area contributed by atoms with Crippen LogP contribution in [0.1, 0.15) is 53.7 Å². The monoisotopic (exact) mass is 588 g/mol. The largest absolute Gasteiger partial charge is 0.388 e. The van der Waals surface area contributed by atoms with Crippen LogP contribution in [0.25, 0.3) is 11.0 Å². The fourth-order valence-electron chi connectivity index (χ4n) is 6.47. The Labute approximate surface area is 248 Å². The zero-order chi connectivity index (χ0) is 29.4. The van der Waals surface area contributed by atoms with Crippen molar-refractivity contribution in [2.75, 3.05) is 26.2 Å². The van der Waals surface area contributed by atoms with Gasteiger partial charge in [0.2, 0.25) is 5.91 Å². The second kappa shape index (κ2) is 11.4. The first-order valence-corrected chi connectivity index (χ1v) is 15.4. The summed E-state index contributed by atoms with van der Waals surface area (Å²) in [6.07, 6.45) is 4.68. The summed E-state index contributed by atoms with van der Waals surface area (Å²) in [5, 5.41) is 13.8. The van der Waals surface area contributed by atoms with Crippen molar-refractivity contribution in [2.45, 2.75) is 57.7 Å². The van der Waals surface area contributed by atoms with E-state index in [0.717, 1.165) is 17.8 Å². The number of aryl methyl sites for hydroxylation is 2. The molecule has 2 fully saturated rings. The van der Waals surface area contributed by atoms with Crippen LogP contribution in [-0.4, -0.2) is 77.0 Å². The van der Waals surface area contributed by atoms with E-state index in [9.17, 15) is 19.5 Å². The number of nitrogens with zero attached hydrogens (tertiary/aromatic N) is 6. The molecule has 6 rings (SSSR count). The van der Waals surface area contributed by atoms with E-state index >= 15 is 0 Å². The lowest BCUT2D eigenvalue weighted by Crippen LogP contribution is -2.53. The van der Waals surface area contributed by atoms with Crippen LogP contribution in [0.15, 0.2) is 59.1 Å². The normalized spacial score (nSPS) is 20.6. The molecule has 2 amide bonds. The van der Waals surface area contributed by atoms with Gasteiger partial charge in [0.15, 0.2) is 0 Å². The Kier molecular flexibility index (Phi) is 7.71. The molecule has 10 nitrogen and oxygen atoms in total. The molecule has 2 atom stereocenters. The maximum Gasteiger partial charge on any atom is 0.262 e. The number of aliphatic hydroxyl groups is 1. The summed E-state index contributed by atoms with van der Waals surface area (Å²) < 4.78 is 7.67. The average molecular weight is 589 g/mol. The molecule has 2 aliphatic rings. The van der Waals surface area contributed by atoms with Gasteiger partial charge in [0.05, 0.1) is 28.8 Å². The molecule has 11 heteroatoms. The van der Waals surface area contributed by atoms with E-state index in [0.29, 0.717) is 62.0 Å². The molecule has 42 heavy (non-hydrogen) atoms. The van der Waals surface area contributed by atoms with Gasteiger partial charge in [0, 0.05) is 56.1 Å². The SMILES string of the molecule is CCn1ccc2c(=O)n(CC3(O)CCN(C(=O)[C@@H]4CCN(C(=O)c5csnc5C)C[C@H]4c4ccccc4)CC3)cnc21. The van der Waals surface area contributed by atoms with Crippen molar-refractivity contribution in [1.82, 2.24) is 28.3 Å². The number of carbonyl (C=O) groups excluding carboxylic acids is 2. The van der Waals surface area contributed by atoms with Crippen LogP contribution in [0.3, 0.4) is 0 Å². The topological polar surface area (TPSA) is 114 Å². The number of likely N-dealkylation sites (tertiary alicyclic amines) is 2. The maximum atomic E-state index is 14.0. The second-order valence-electron chi connectivity index (χ2n) is 11.5. The lowest BCUT2D eigenvalue weighted by Gasteiger charge is -2.43. The highest BCUT2D eigenvalue weighted by molar-refractivity contribution is 7.03. The summed E-state index contributed by atoms with van der Waals surface area (Å²) in [6.45, 7) is 6.49. The van der Waals surface area contributed by atoms with E-state index < -0.39 is 5.60 Å². The minimum absolute atomic E-state index is 0.0368. The summed E-state index contributed by atoms with van der Waals surface area (Å²) in [6, 6.07) is 11.7. The van der Waals surface area contributed by atoms with E-state index in [1.807, 2.05) is 64.7 Å². The van der Waals surface area contributed by atoms with Gasteiger partial charge in [-0.05, 0) is 56.3 Å². The molecule has 4 aromatic rings. The minimum Gasteiger partial charge on any atom is -0.388 e. The third kappa shape index (κ3) is 5.27. The highest BCUT2D eigenvalue weighted by Crippen LogP contribution is 2.36. The molecule has 2 saturated heterocycles. The molecular weight excluding hydrogens is 552 g/mol. The molecule has 5 heterocycles. The molecule has 3 aromatic heterocycles. The lowest BCUT2D eigenvalue weighted by molar-refractivity contribution is -0.142. The van der Waals surface area contributed by atoms with Gasteiger partial charge in [-0.1, -0.05) is 30.3 Å². The van der Waals surface area contributed by atoms with Crippen LogP contribution in [0.5, 0.6) is 0 Å². The number of carbonyl (C=O) groups is 2. The van der Waals surface area contributed by atoms with E-state index in [1.165, 1.54) is 22.4 Å². The highest BCUT2D eigenvalue weighted by Gasteiger charge is 2.42. The molecule has 0 saturated carbocycles. The standard InChI is InChI=1S/C31H36N6O4S/c1-3-34-13-10-24-27(34)32-20-37(29(24)39)19-31(41)11-15-35(16-12-31)28(38)23-9-14-36(30(40)26-18-42-33-21(26)2)17-25(23)22-7-5-4-6-8-22/h4-8,10,13,18,20,23,25,41H,3,9,11-12,14-17,19H2,1-2H3/t23-,25+/m1/s1. The van der Waals surface area contributed by atoms with Gasteiger partial charge < -0.3 is 19.5 Å². The Hall–Kier alpha value is -3.83. The molecule has 2 aliphatic heterocycles. The Morgan fingerprint density at radius 3 is 2.52 bits per heavy atom. The van der Waals surface area contributed by atoms with Crippen molar-refractivity contribution in [1.29, 1.82) is 0 Å². The summed E-state index contributed by atoms with van der Waals surface area (Å²) in [7, 11) is 0. The molecular formula is C31H36N6O4S. The van der Waals surface area contributed by atoms with Crippen molar-refractivity contribution >= 4 is 34.4 Å². The van der Waals surface area contributed by atoms with Gasteiger partial charge in [-0.3, -0.25) is 19.0 Å². The molecule has 0 spiro atoms. The van der Waals surface area contributed by atoms with Gasteiger partial charge in [-0.25, -0.2) is 4.98 Å². The first-order valence-electron chi connectivity index (χ1n) is 14.6. The number of hydrogen-bond acceptors (Lipinski definition) is 7. The van der Waals surface area contributed by atoms with Crippen LogP contribution in [0, 0.1) is 12.8 Å². The number of hydrogen-bond donors (Lipinski definition) is 1. The van der Waals surface area contributed by atoms with Crippen LogP contribution in [0.4, 0.5) is 0 Å². The smallest absolute Gasteiger partial charge is 0.262 e. The fraction of sp³-hybridized carbons (Fsp3) is 0.452. The number of fused-ring (bicyclic) bond motifs is 1. The molecule has 1 aromatic carbocycles. The lowest BCUT2D eigenvalue weighted by atomic mass is 9.79. The molecule has 0 bridgehead atoms. The van der Waals surface area contributed by atoms with Crippen LogP contribution in [-0.2, 0) is 17.9 Å². The van der Waals surface area contributed by atoms with Gasteiger partial charge >= 0.3 is 0 Å². The molecule has 220 valence electrons. The molecule has 0 radical (unpaired) electrons. The summed E-state index contributed by atoms with van der Waals surface area (Å²) in [5.74, 6) is -0.366. The Morgan fingerprint density at radius 2 is 1.83 bits per heavy atom. The summed E-state index contributed by atoms with van der Waals surface area (Å²) in [4.78, 5) is 48.5. The number of amides is 2. The first-order chi connectivity index (χ1) is 20.3. The number of piperidine rings is 2. The van der Waals surface area contributed by atoms with E-state index in [2.05, 4.69) is 9.36 Å². The Balaban J connectivity index is 1.15. The Morgan fingerprint density at radius 1 is 1.07 bits per heavy atom. The maximum absolute atomic E-state index is 14.0. The van der Waals surface area contributed by atoms with Crippen LogP contribution in [0.2, 0.25) is 0 Å². The molecule has 0 unspecified atom stereocenters. The summed E-state index contributed by atoms with van der Waals surface area (Å²) >= 11 is 1.28. The summed E-state index contributed by atoms with van der Waals surface area (Å²) in [5.41, 5.74) is 1.78. The van der Waals surface area contributed by atoms with Crippen molar-refractivity contribution in [2.24, 2.45) is 5.92 Å². The second-order valence-corrected chi connectivity index (χ2v) is 12.2. The van der Waals surface area contributed by atoms with Crippen molar-refractivity contribution in [3.05, 3.63) is 81.5 Å². The zero-order valence-electron chi connectivity index (χ0n) is 24.0. The highest BCUT2D eigenvalue weighted by atomic mass is 32.1. The van der Waals surface area contributed by atoms with Gasteiger partial charge in [-0.2, -0.15) is 4.37 Å². The van der Waals surface area contributed by atoms with Crippen LogP contribution >= 0.6 is 11.5 Å². The predicted molar refractivity (Wildman–Crippen MR) is 160 cm³/mol. The van der Waals surface area contributed by atoms with E-state index in [4.69, 9.17) is 0 Å². The third-order valence-electron chi connectivity index (χ3n) is 8.98. The van der Waals surface area contributed by atoms with Crippen molar-refractivity contribution in [3.63, 3.8) is 0 Å². The predicted octanol–water partition coefficient (Wildman–Crippen LogP) is 3.28.